The van der Waals surface area contributed by atoms with Crippen molar-refractivity contribution in [2.75, 3.05) is 20.1 Å². The quantitative estimate of drug-likeness (QED) is 0.633. The first-order valence-corrected chi connectivity index (χ1v) is 8.37. The van der Waals surface area contributed by atoms with E-state index in [-0.39, 0.29) is 23.9 Å². The van der Waals surface area contributed by atoms with Gasteiger partial charge >= 0.3 is 5.69 Å². The second-order valence-corrected chi connectivity index (χ2v) is 5.93. The number of rotatable bonds is 7. The molecule has 0 aliphatic heterocycles. The number of hydrogen-bond donors (Lipinski definition) is 3. The summed E-state index contributed by atoms with van der Waals surface area (Å²) in [5.41, 5.74) is -0.0490. The number of benzene rings is 1. The normalized spacial score (nSPS) is 10.4. The molecule has 0 aliphatic carbocycles. The molecule has 26 heavy (non-hydrogen) atoms. The average Bonchev–Trinajstić information content (AvgIpc) is 2.61. The molecule has 1 aromatic heterocycles. The Morgan fingerprint density at radius 1 is 1.23 bits per heavy atom. The maximum absolute atomic E-state index is 12.5. The van der Waals surface area contributed by atoms with E-state index in [9.17, 15) is 19.2 Å². The van der Waals surface area contributed by atoms with Crippen molar-refractivity contribution in [1.82, 2.24) is 20.2 Å². The van der Waals surface area contributed by atoms with E-state index in [2.05, 4.69) is 15.3 Å². The highest BCUT2D eigenvalue weighted by molar-refractivity contribution is 5.97. The molecule has 0 aliphatic rings. The highest BCUT2D eigenvalue weighted by Crippen LogP contribution is 2.16. The monoisotopic (exact) mass is 358 g/mol. The molecule has 3 N–H and O–H groups in total. The predicted molar refractivity (Wildman–Crippen MR) is 98.0 cm³/mol. The second kappa shape index (κ2) is 8.80. The van der Waals surface area contributed by atoms with Crippen LogP contribution in [0, 0.1) is 0 Å². The van der Waals surface area contributed by atoms with Gasteiger partial charge in [0.05, 0.1) is 12.1 Å². The van der Waals surface area contributed by atoms with Gasteiger partial charge in [-0.1, -0.05) is 25.5 Å². The SMILES string of the molecule is CCCCNC(=O)CN(C)C(=O)c1cccc(-c2c[nH]c(=O)[nH]c2=O)c1. The number of likely N-dealkylation sites (N-methyl/N-ethyl adjacent to an activating group) is 1. The van der Waals surface area contributed by atoms with Gasteiger partial charge in [0, 0.05) is 25.4 Å². The zero-order valence-corrected chi connectivity index (χ0v) is 14.8. The molecular formula is C18H22N4O4. The van der Waals surface area contributed by atoms with Crippen LogP contribution >= 0.6 is 0 Å². The van der Waals surface area contributed by atoms with Crippen molar-refractivity contribution in [3.8, 4) is 11.1 Å². The van der Waals surface area contributed by atoms with Gasteiger partial charge in [-0.3, -0.25) is 19.4 Å². The molecule has 0 saturated heterocycles. The first kappa shape index (κ1) is 19.2. The zero-order chi connectivity index (χ0) is 19.1. The summed E-state index contributed by atoms with van der Waals surface area (Å²) in [4.78, 5) is 53.3. The van der Waals surface area contributed by atoms with Gasteiger partial charge in [-0.05, 0) is 24.1 Å². The van der Waals surface area contributed by atoms with Crippen molar-refractivity contribution >= 4 is 11.8 Å². The van der Waals surface area contributed by atoms with Gasteiger partial charge in [-0.15, -0.1) is 0 Å². The maximum Gasteiger partial charge on any atom is 0.325 e. The Morgan fingerprint density at radius 2 is 2.00 bits per heavy atom. The number of nitrogens with one attached hydrogen (secondary N) is 3. The predicted octanol–water partition coefficient (Wildman–Crippen LogP) is 0.719. The Labute approximate surface area is 150 Å². The summed E-state index contributed by atoms with van der Waals surface area (Å²) in [6.07, 6.45) is 3.17. The fourth-order valence-corrected chi connectivity index (χ4v) is 2.41. The van der Waals surface area contributed by atoms with Gasteiger partial charge in [-0.2, -0.15) is 0 Å². The third-order valence-electron chi connectivity index (χ3n) is 3.82. The average molecular weight is 358 g/mol. The van der Waals surface area contributed by atoms with E-state index in [1.165, 1.54) is 11.1 Å². The molecule has 0 bridgehead atoms. The zero-order valence-electron chi connectivity index (χ0n) is 14.8. The van der Waals surface area contributed by atoms with E-state index >= 15 is 0 Å². The molecule has 2 amide bonds. The van der Waals surface area contributed by atoms with Crippen LogP contribution in [0.2, 0.25) is 0 Å². The lowest BCUT2D eigenvalue weighted by molar-refractivity contribution is -0.121. The molecule has 1 heterocycles. The van der Waals surface area contributed by atoms with Gasteiger partial charge in [0.1, 0.15) is 0 Å². The second-order valence-electron chi connectivity index (χ2n) is 5.93. The number of aromatic amines is 2. The van der Waals surface area contributed by atoms with E-state index < -0.39 is 11.2 Å². The third kappa shape index (κ3) is 4.92. The van der Waals surface area contributed by atoms with Crippen LogP contribution in [0.1, 0.15) is 30.1 Å². The van der Waals surface area contributed by atoms with Crippen molar-refractivity contribution in [2.45, 2.75) is 19.8 Å². The number of carbonyl (C=O) groups is 2. The standard InChI is InChI=1S/C18H22N4O4/c1-3-4-8-19-15(23)11-22(2)17(25)13-7-5-6-12(9-13)14-10-20-18(26)21-16(14)24/h5-7,9-10H,3-4,8,11H2,1-2H3,(H,19,23)(H2,20,21,24,26). The molecule has 8 nitrogen and oxygen atoms in total. The minimum Gasteiger partial charge on any atom is -0.355 e. The van der Waals surface area contributed by atoms with E-state index in [1.807, 2.05) is 6.92 Å². The Morgan fingerprint density at radius 3 is 2.69 bits per heavy atom. The Balaban J connectivity index is 2.13. The molecule has 2 aromatic rings. The fourth-order valence-electron chi connectivity index (χ4n) is 2.41. The summed E-state index contributed by atoms with van der Waals surface area (Å²) >= 11 is 0. The van der Waals surface area contributed by atoms with Gasteiger partial charge in [-0.25, -0.2) is 4.79 Å². The number of carbonyl (C=O) groups excluding carboxylic acids is 2. The lowest BCUT2D eigenvalue weighted by atomic mass is 10.0. The molecule has 1 aromatic carbocycles. The third-order valence-corrected chi connectivity index (χ3v) is 3.82. The van der Waals surface area contributed by atoms with Crippen LogP contribution in [-0.2, 0) is 4.79 Å². The number of amides is 2. The number of aromatic nitrogens is 2. The van der Waals surface area contributed by atoms with E-state index in [0.717, 1.165) is 12.8 Å². The van der Waals surface area contributed by atoms with Crippen molar-refractivity contribution in [1.29, 1.82) is 0 Å². The van der Waals surface area contributed by atoms with E-state index in [1.54, 1.807) is 31.3 Å². The van der Waals surface area contributed by atoms with Crippen molar-refractivity contribution in [3.05, 3.63) is 56.9 Å². The van der Waals surface area contributed by atoms with Gasteiger partial charge in [0.15, 0.2) is 0 Å². The van der Waals surface area contributed by atoms with Gasteiger partial charge in [0.2, 0.25) is 5.91 Å². The highest BCUT2D eigenvalue weighted by atomic mass is 16.2. The van der Waals surface area contributed by atoms with Crippen LogP contribution in [0.3, 0.4) is 0 Å². The molecule has 0 spiro atoms. The lowest BCUT2D eigenvalue weighted by Gasteiger charge is -2.17. The number of unbranched alkanes of at least 4 members (excludes halogenated alkanes) is 1. The van der Waals surface area contributed by atoms with Crippen LogP contribution in [0.25, 0.3) is 11.1 Å². The summed E-state index contributed by atoms with van der Waals surface area (Å²) in [6, 6.07) is 6.47. The van der Waals surface area contributed by atoms with E-state index in [4.69, 9.17) is 0 Å². The topological polar surface area (TPSA) is 115 Å². The molecule has 0 unspecified atom stereocenters. The van der Waals surface area contributed by atoms with Crippen LogP contribution in [0.15, 0.2) is 40.1 Å². The summed E-state index contributed by atoms with van der Waals surface area (Å²) in [5.74, 6) is -0.555. The van der Waals surface area contributed by atoms with Crippen molar-refractivity contribution in [2.24, 2.45) is 0 Å². The summed E-state index contributed by atoms with van der Waals surface area (Å²) < 4.78 is 0. The minimum absolute atomic E-state index is 0.0496. The molecule has 138 valence electrons. The first-order valence-electron chi connectivity index (χ1n) is 8.37. The van der Waals surface area contributed by atoms with Crippen molar-refractivity contribution in [3.63, 3.8) is 0 Å². The summed E-state index contributed by atoms with van der Waals surface area (Å²) in [7, 11) is 1.54. The first-order chi connectivity index (χ1) is 12.4. The smallest absolute Gasteiger partial charge is 0.325 e. The Hall–Kier alpha value is -3.16. The number of nitrogens with zero attached hydrogens (tertiary/aromatic N) is 1. The van der Waals surface area contributed by atoms with Crippen molar-refractivity contribution < 1.29 is 9.59 Å². The molecule has 8 heteroatoms. The highest BCUT2D eigenvalue weighted by Gasteiger charge is 2.16. The molecule has 0 saturated carbocycles. The molecule has 0 fully saturated rings. The number of H-pyrrole nitrogens is 2. The molecule has 2 rings (SSSR count). The lowest BCUT2D eigenvalue weighted by Crippen LogP contribution is -2.38. The summed E-state index contributed by atoms with van der Waals surface area (Å²) in [6.45, 7) is 2.57. The van der Waals surface area contributed by atoms with Gasteiger partial charge in [0.25, 0.3) is 11.5 Å². The molecule has 0 atom stereocenters. The minimum atomic E-state index is -0.597. The molecule has 0 radical (unpaired) electrons. The van der Waals surface area contributed by atoms with Crippen LogP contribution < -0.4 is 16.6 Å². The molecular weight excluding hydrogens is 336 g/mol. The van der Waals surface area contributed by atoms with Crippen LogP contribution in [-0.4, -0.2) is 46.8 Å². The van der Waals surface area contributed by atoms with E-state index in [0.29, 0.717) is 17.7 Å². The fraction of sp³-hybridized carbons (Fsp3) is 0.333. The van der Waals surface area contributed by atoms with Crippen LogP contribution in [0.5, 0.6) is 0 Å². The maximum atomic E-state index is 12.5. The van der Waals surface area contributed by atoms with Gasteiger partial charge < -0.3 is 15.2 Å². The number of hydrogen-bond acceptors (Lipinski definition) is 4. The summed E-state index contributed by atoms with van der Waals surface area (Å²) in [5, 5.41) is 2.76. The Bertz CT molecular complexity index is 900. The Kier molecular flexibility index (Phi) is 6.48. The largest absolute Gasteiger partial charge is 0.355 e. The van der Waals surface area contributed by atoms with Crippen LogP contribution in [0.4, 0.5) is 0 Å².